The number of imidazole rings is 1. The molecular formula is C13H13N5O. The van der Waals surface area contributed by atoms with E-state index in [9.17, 15) is 4.79 Å². The van der Waals surface area contributed by atoms with Gasteiger partial charge in [0.25, 0.3) is 0 Å². The lowest BCUT2D eigenvalue weighted by Crippen LogP contribution is -2.14. The number of hydrogen-bond acceptors (Lipinski definition) is 4. The van der Waals surface area contributed by atoms with Crippen LogP contribution in [0.4, 0.5) is 11.4 Å². The molecule has 6 nitrogen and oxygen atoms in total. The SMILES string of the molecule is N#Cc1nccn1CCC(=O)Nc1ccc(N)cc1. The van der Waals surface area contributed by atoms with Crippen LogP contribution in [0.1, 0.15) is 12.2 Å². The number of aromatic nitrogens is 2. The van der Waals surface area contributed by atoms with Gasteiger partial charge in [-0.05, 0) is 24.3 Å². The number of nitrogens with zero attached hydrogens (tertiary/aromatic N) is 3. The number of nitrogen functional groups attached to an aromatic ring is 1. The molecule has 0 fully saturated rings. The van der Waals surface area contributed by atoms with E-state index in [0.29, 0.717) is 23.7 Å². The summed E-state index contributed by atoms with van der Waals surface area (Å²) in [6.07, 6.45) is 3.49. The molecule has 2 aromatic rings. The van der Waals surface area contributed by atoms with Crippen molar-refractivity contribution in [3.63, 3.8) is 0 Å². The molecule has 0 aliphatic rings. The van der Waals surface area contributed by atoms with Crippen LogP contribution in [0.5, 0.6) is 0 Å². The lowest BCUT2D eigenvalue weighted by molar-refractivity contribution is -0.116. The van der Waals surface area contributed by atoms with Gasteiger partial charge in [0.2, 0.25) is 11.7 Å². The number of rotatable bonds is 4. The quantitative estimate of drug-likeness (QED) is 0.806. The first-order valence-electron chi connectivity index (χ1n) is 5.75. The number of aryl methyl sites for hydroxylation is 1. The predicted octanol–water partition coefficient (Wildman–Crippen LogP) is 1.37. The second-order valence-corrected chi connectivity index (χ2v) is 3.98. The fraction of sp³-hybridized carbons (Fsp3) is 0.154. The summed E-state index contributed by atoms with van der Waals surface area (Å²) < 4.78 is 1.64. The van der Waals surface area contributed by atoms with E-state index in [1.807, 2.05) is 6.07 Å². The Morgan fingerprint density at radius 2 is 2.16 bits per heavy atom. The van der Waals surface area contributed by atoms with Gasteiger partial charge in [0.1, 0.15) is 6.07 Å². The number of benzene rings is 1. The largest absolute Gasteiger partial charge is 0.399 e. The Morgan fingerprint density at radius 3 is 2.84 bits per heavy atom. The summed E-state index contributed by atoms with van der Waals surface area (Å²) in [4.78, 5) is 15.6. The molecule has 0 saturated carbocycles. The molecule has 0 bridgehead atoms. The molecule has 1 aromatic heterocycles. The Balaban J connectivity index is 1.88. The highest BCUT2D eigenvalue weighted by molar-refractivity contribution is 5.90. The van der Waals surface area contributed by atoms with Crippen LogP contribution >= 0.6 is 0 Å². The standard InChI is InChI=1S/C13H13N5O/c14-9-12-16-6-8-18(12)7-5-13(19)17-11-3-1-10(15)2-4-11/h1-4,6,8H,5,7,15H2,(H,17,19). The molecule has 1 amide bonds. The Hall–Kier alpha value is -2.81. The summed E-state index contributed by atoms with van der Waals surface area (Å²) in [7, 11) is 0. The zero-order chi connectivity index (χ0) is 13.7. The minimum atomic E-state index is -0.123. The smallest absolute Gasteiger partial charge is 0.226 e. The summed E-state index contributed by atoms with van der Waals surface area (Å²) in [5.41, 5.74) is 6.91. The van der Waals surface area contributed by atoms with Crippen molar-refractivity contribution < 1.29 is 4.79 Å². The molecule has 0 unspecified atom stereocenters. The fourth-order valence-electron chi connectivity index (χ4n) is 1.61. The monoisotopic (exact) mass is 255 g/mol. The third kappa shape index (κ3) is 3.33. The Bertz CT molecular complexity index is 609. The van der Waals surface area contributed by atoms with Crippen molar-refractivity contribution in [2.75, 3.05) is 11.1 Å². The molecule has 0 atom stereocenters. The normalized spacial score (nSPS) is 9.84. The van der Waals surface area contributed by atoms with Crippen molar-refractivity contribution in [1.82, 2.24) is 9.55 Å². The van der Waals surface area contributed by atoms with Gasteiger partial charge in [-0.1, -0.05) is 0 Å². The summed E-state index contributed by atoms with van der Waals surface area (Å²) in [5, 5.41) is 11.5. The van der Waals surface area contributed by atoms with E-state index in [2.05, 4.69) is 10.3 Å². The minimum absolute atomic E-state index is 0.123. The van der Waals surface area contributed by atoms with Gasteiger partial charge < -0.3 is 15.6 Å². The van der Waals surface area contributed by atoms with Gasteiger partial charge >= 0.3 is 0 Å². The first-order chi connectivity index (χ1) is 9.19. The molecular weight excluding hydrogens is 242 g/mol. The molecule has 0 spiro atoms. The van der Waals surface area contributed by atoms with Crippen LogP contribution in [0.15, 0.2) is 36.7 Å². The summed E-state index contributed by atoms with van der Waals surface area (Å²) in [6, 6.07) is 8.89. The van der Waals surface area contributed by atoms with E-state index in [0.717, 1.165) is 0 Å². The van der Waals surface area contributed by atoms with Crippen molar-refractivity contribution in [3.05, 3.63) is 42.5 Å². The van der Waals surface area contributed by atoms with E-state index < -0.39 is 0 Å². The molecule has 6 heteroatoms. The highest BCUT2D eigenvalue weighted by Gasteiger charge is 2.05. The zero-order valence-corrected chi connectivity index (χ0v) is 10.2. The van der Waals surface area contributed by atoms with E-state index in [1.54, 1.807) is 35.0 Å². The molecule has 19 heavy (non-hydrogen) atoms. The van der Waals surface area contributed by atoms with E-state index in [1.165, 1.54) is 6.20 Å². The lowest BCUT2D eigenvalue weighted by Gasteiger charge is -2.06. The number of nitrogens with two attached hydrogens (primary N) is 1. The van der Waals surface area contributed by atoms with Gasteiger partial charge in [-0.2, -0.15) is 5.26 Å². The molecule has 0 aliphatic heterocycles. The fourth-order valence-corrected chi connectivity index (χ4v) is 1.61. The second-order valence-electron chi connectivity index (χ2n) is 3.98. The molecule has 0 radical (unpaired) electrons. The highest BCUT2D eigenvalue weighted by Crippen LogP contribution is 2.10. The molecule has 96 valence electrons. The van der Waals surface area contributed by atoms with Crippen molar-refractivity contribution >= 4 is 17.3 Å². The number of nitrogens with one attached hydrogen (secondary N) is 1. The number of anilines is 2. The molecule has 0 aliphatic carbocycles. The van der Waals surface area contributed by atoms with Crippen LogP contribution in [0.3, 0.4) is 0 Å². The molecule has 0 saturated heterocycles. The summed E-state index contributed by atoms with van der Waals surface area (Å²) >= 11 is 0. The van der Waals surface area contributed by atoms with Gasteiger partial charge in [-0.3, -0.25) is 4.79 Å². The van der Waals surface area contributed by atoms with Crippen molar-refractivity contribution in [3.8, 4) is 6.07 Å². The van der Waals surface area contributed by atoms with Crippen LogP contribution in [-0.2, 0) is 11.3 Å². The van der Waals surface area contributed by atoms with E-state index in [-0.39, 0.29) is 12.3 Å². The Labute approximate surface area is 110 Å². The highest BCUT2D eigenvalue weighted by atomic mass is 16.1. The molecule has 1 heterocycles. The number of carbonyl (C=O) groups excluding carboxylic acids is 1. The number of amides is 1. The summed E-state index contributed by atoms with van der Waals surface area (Å²) in [5.74, 6) is 0.183. The predicted molar refractivity (Wildman–Crippen MR) is 71.0 cm³/mol. The van der Waals surface area contributed by atoms with Gasteiger partial charge in [0, 0.05) is 36.7 Å². The van der Waals surface area contributed by atoms with Crippen LogP contribution in [0, 0.1) is 11.3 Å². The topological polar surface area (TPSA) is 96.7 Å². The number of nitriles is 1. The number of hydrogen-bond donors (Lipinski definition) is 2. The molecule has 3 N–H and O–H groups in total. The van der Waals surface area contributed by atoms with Crippen LogP contribution in [0.2, 0.25) is 0 Å². The first kappa shape index (κ1) is 12.6. The van der Waals surface area contributed by atoms with Crippen LogP contribution in [0.25, 0.3) is 0 Å². The van der Waals surface area contributed by atoms with E-state index >= 15 is 0 Å². The minimum Gasteiger partial charge on any atom is -0.399 e. The second kappa shape index (κ2) is 5.69. The third-order valence-electron chi connectivity index (χ3n) is 2.59. The average Bonchev–Trinajstić information content (AvgIpc) is 2.86. The van der Waals surface area contributed by atoms with Crippen molar-refractivity contribution in [1.29, 1.82) is 5.26 Å². The molecule has 2 rings (SSSR count). The van der Waals surface area contributed by atoms with Crippen LogP contribution < -0.4 is 11.1 Å². The van der Waals surface area contributed by atoms with Gasteiger partial charge in [0.15, 0.2) is 0 Å². The van der Waals surface area contributed by atoms with Crippen LogP contribution in [-0.4, -0.2) is 15.5 Å². The maximum atomic E-state index is 11.7. The molecule has 1 aromatic carbocycles. The lowest BCUT2D eigenvalue weighted by atomic mass is 10.3. The maximum Gasteiger partial charge on any atom is 0.226 e. The number of carbonyl (C=O) groups is 1. The third-order valence-corrected chi connectivity index (χ3v) is 2.59. The van der Waals surface area contributed by atoms with Crippen molar-refractivity contribution in [2.24, 2.45) is 0 Å². The van der Waals surface area contributed by atoms with Gasteiger partial charge in [0.05, 0.1) is 0 Å². The zero-order valence-electron chi connectivity index (χ0n) is 10.2. The first-order valence-corrected chi connectivity index (χ1v) is 5.75. The Kier molecular flexibility index (Phi) is 3.78. The Morgan fingerprint density at radius 1 is 1.42 bits per heavy atom. The maximum absolute atomic E-state index is 11.7. The summed E-state index contributed by atoms with van der Waals surface area (Å²) in [6.45, 7) is 0.420. The van der Waals surface area contributed by atoms with Gasteiger partial charge in [-0.15, -0.1) is 0 Å². The average molecular weight is 255 g/mol. The van der Waals surface area contributed by atoms with E-state index in [4.69, 9.17) is 11.0 Å². The van der Waals surface area contributed by atoms with Gasteiger partial charge in [-0.25, -0.2) is 4.98 Å². The van der Waals surface area contributed by atoms with Crippen molar-refractivity contribution in [2.45, 2.75) is 13.0 Å².